The molecule has 7 heteroatoms. The molecule has 1 N–H and O–H groups in total. The summed E-state index contributed by atoms with van der Waals surface area (Å²) >= 11 is 0. The number of carboxylic acid groups (broad SMARTS) is 1. The largest absolute Gasteiger partial charge is 0.481 e. The number of nitrogens with zero attached hydrogens (tertiary/aromatic N) is 2. The minimum atomic E-state index is -0.849. The molecule has 0 aromatic heterocycles. The molecule has 2 aliphatic rings. The lowest BCUT2D eigenvalue weighted by atomic mass is 9.73. The van der Waals surface area contributed by atoms with Crippen molar-refractivity contribution in [3.8, 4) is 0 Å². The number of piperidine rings is 1. The second kappa shape index (κ2) is 8.52. The van der Waals surface area contributed by atoms with E-state index in [1.54, 1.807) is 24.3 Å². The Kier molecular flexibility index (Phi) is 5.81. The smallest absolute Gasteiger partial charge is 0.309 e. The van der Waals surface area contributed by atoms with Crippen LogP contribution in [-0.2, 0) is 16.2 Å². The van der Waals surface area contributed by atoms with E-state index < -0.39 is 11.4 Å². The van der Waals surface area contributed by atoms with Crippen molar-refractivity contribution < 1.29 is 23.5 Å². The van der Waals surface area contributed by atoms with Gasteiger partial charge in [0.25, 0.3) is 0 Å². The number of hydrogen-bond donors (Lipinski definition) is 1. The van der Waals surface area contributed by atoms with Gasteiger partial charge in [-0.2, -0.15) is 0 Å². The van der Waals surface area contributed by atoms with E-state index in [1.165, 1.54) is 24.3 Å². The average molecular weight is 414 g/mol. The highest BCUT2D eigenvalue weighted by Crippen LogP contribution is 2.39. The van der Waals surface area contributed by atoms with E-state index in [0.29, 0.717) is 51.0 Å². The average Bonchev–Trinajstić information content (AvgIpc) is 3.20. The third kappa shape index (κ3) is 4.51. The van der Waals surface area contributed by atoms with E-state index in [-0.39, 0.29) is 17.7 Å². The monoisotopic (exact) mass is 414 g/mol. The van der Waals surface area contributed by atoms with Gasteiger partial charge in [0.15, 0.2) is 0 Å². The molecule has 2 aromatic carbocycles. The molecule has 0 radical (unpaired) electrons. The summed E-state index contributed by atoms with van der Waals surface area (Å²) in [4.78, 5) is 19.9. The number of benzene rings is 2. The number of carbonyl (C=O) groups is 1. The molecule has 1 atom stereocenters. The van der Waals surface area contributed by atoms with E-state index in [9.17, 15) is 18.7 Å². The Morgan fingerprint density at radius 2 is 1.67 bits per heavy atom. The first-order valence-electron chi connectivity index (χ1n) is 10.1. The molecule has 2 aliphatic heterocycles. The van der Waals surface area contributed by atoms with Crippen LogP contribution in [0.25, 0.3) is 0 Å². The van der Waals surface area contributed by atoms with Gasteiger partial charge in [0.05, 0.1) is 11.1 Å². The zero-order chi connectivity index (χ0) is 21.1. The number of aliphatic carboxylic acids is 1. The Balaban J connectivity index is 1.35. The second-order valence-electron chi connectivity index (χ2n) is 8.17. The lowest BCUT2D eigenvalue weighted by Crippen LogP contribution is -2.45. The van der Waals surface area contributed by atoms with Crippen molar-refractivity contribution in [3.05, 3.63) is 71.3 Å². The van der Waals surface area contributed by atoms with Crippen molar-refractivity contribution in [1.29, 1.82) is 0 Å². The number of rotatable bonds is 6. The number of hydrogen-bond acceptors (Lipinski definition) is 4. The van der Waals surface area contributed by atoms with Crippen LogP contribution in [0, 0.1) is 17.0 Å². The normalized spacial score (nSPS) is 21.1. The zero-order valence-corrected chi connectivity index (χ0v) is 16.6. The van der Waals surface area contributed by atoms with Gasteiger partial charge in [-0.25, -0.2) is 8.78 Å². The highest BCUT2D eigenvalue weighted by atomic mass is 19.1. The quantitative estimate of drug-likeness (QED) is 0.769. The maximum atomic E-state index is 13.1. The highest BCUT2D eigenvalue weighted by Gasteiger charge is 2.44. The Hall–Kier alpha value is -2.80. The van der Waals surface area contributed by atoms with Crippen LogP contribution in [0.1, 0.15) is 36.8 Å². The Morgan fingerprint density at radius 3 is 2.27 bits per heavy atom. The molecular formula is C23H24F2N2O3. The van der Waals surface area contributed by atoms with Gasteiger partial charge in [0.2, 0.25) is 0 Å². The summed E-state index contributed by atoms with van der Waals surface area (Å²) < 4.78 is 26.2. The molecule has 0 bridgehead atoms. The van der Waals surface area contributed by atoms with E-state index in [0.717, 1.165) is 11.1 Å². The minimum Gasteiger partial charge on any atom is -0.481 e. The van der Waals surface area contributed by atoms with Crippen LogP contribution in [0.3, 0.4) is 0 Å². The Labute approximate surface area is 174 Å². The van der Waals surface area contributed by atoms with Gasteiger partial charge < -0.3 is 9.94 Å². The van der Waals surface area contributed by atoms with Gasteiger partial charge >= 0.3 is 5.97 Å². The number of likely N-dealkylation sites (tertiary alicyclic amines) is 1. The molecule has 0 amide bonds. The van der Waals surface area contributed by atoms with E-state index in [1.807, 2.05) is 0 Å². The first kappa shape index (κ1) is 20.5. The molecule has 0 spiro atoms. The van der Waals surface area contributed by atoms with E-state index in [2.05, 4.69) is 10.1 Å². The van der Waals surface area contributed by atoms with Crippen molar-refractivity contribution in [2.75, 3.05) is 13.1 Å². The third-order valence-electron chi connectivity index (χ3n) is 6.12. The summed E-state index contributed by atoms with van der Waals surface area (Å²) in [6, 6.07) is 12.5. The maximum absolute atomic E-state index is 13.1. The molecule has 1 saturated heterocycles. The summed E-state index contributed by atoms with van der Waals surface area (Å²) in [6.45, 7) is 1.98. The molecule has 0 aliphatic carbocycles. The zero-order valence-electron chi connectivity index (χ0n) is 16.6. The van der Waals surface area contributed by atoms with Crippen LogP contribution in [0.4, 0.5) is 8.78 Å². The third-order valence-corrected chi connectivity index (χ3v) is 6.12. The fraction of sp³-hybridized carbons (Fsp3) is 0.391. The standard InChI is InChI=1S/C23H24F2N2O3/c24-18-5-1-16(2-6-18)15-27-11-9-23(10-12-27,22(28)29)14-20-13-21(26-30-20)17-3-7-19(25)8-4-17/h1-8,20H,9-15H2,(H,28,29)/t20-/m0/s1. The van der Waals surface area contributed by atoms with Gasteiger partial charge in [0.1, 0.15) is 17.7 Å². The van der Waals surface area contributed by atoms with Crippen molar-refractivity contribution in [1.82, 2.24) is 4.90 Å². The van der Waals surface area contributed by atoms with Gasteiger partial charge in [-0.3, -0.25) is 9.69 Å². The molecule has 1 fully saturated rings. The molecule has 2 aromatic rings. The lowest BCUT2D eigenvalue weighted by molar-refractivity contribution is -0.155. The van der Waals surface area contributed by atoms with Crippen LogP contribution < -0.4 is 0 Å². The second-order valence-corrected chi connectivity index (χ2v) is 8.17. The number of oxime groups is 1. The van der Waals surface area contributed by atoms with E-state index in [4.69, 9.17) is 4.84 Å². The molecule has 30 heavy (non-hydrogen) atoms. The molecule has 158 valence electrons. The molecular weight excluding hydrogens is 390 g/mol. The summed E-state index contributed by atoms with van der Waals surface area (Å²) in [6.07, 6.45) is 1.65. The van der Waals surface area contributed by atoms with Crippen molar-refractivity contribution in [2.45, 2.75) is 38.3 Å². The van der Waals surface area contributed by atoms with Crippen LogP contribution in [0.15, 0.2) is 53.7 Å². The first-order chi connectivity index (χ1) is 14.4. The van der Waals surface area contributed by atoms with Gasteiger partial charge in [-0.1, -0.05) is 29.4 Å². The molecule has 0 unspecified atom stereocenters. The molecule has 2 heterocycles. The number of halogens is 2. The molecule has 5 nitrogen and oxygen atoms in total. The summed E-state index contributed by atoms with van der Waals surface area (Å²) in [5.74, 6) is -1.38. The van der Waals surface area contributed by atoms with Crippen LogP contribution >= 0.6 is 0 Å². The van der Waals surface area contributed by atoms with Crippen LogP contribution in [0.2, 0.25) is 0 Å². The molecule has 0 saturated carbocycles. The fourth-order valence-corrected chi connectivity index (χ4v) is 4.28. The first-order valence-corrected chi connectivity index (χ1v) is 10.1. The van der Waals surface area contributed by atoms with Crippen LogP contribution in [0.5, 0.6) is 0 Å². The number of carboxylic acids is 1. The Morgan fingerprint density at radius 1 is 1.07 bits per heavy atom. The summed E-state index contributed by atoms with van der Waals surface area (Å²) in [7, 11) is 0. The van der Waals surface area contributed by atoms with Crippen molar-refractivity contribution >= 4 is 11.7 Å². The Bertz CT molecular complexity index is 920. The van der Waals surface area contributed by atoms with Gasteiger partial charge in [-0.05, 0) is 61.3 Å². The van der Waals surface area contributed by atoms with E-state index >= 15 is 0 Å². The highest BCUT2D eigenvalue weighted by molar-refractivity contribution is 6.01. The van der Waals surface area contributed by atoms with Crippen LogP contribution in [-0.4, -0.2) is 40.9 Å². The predicted molar refractivity (Wildman–Crippen MR) is 108 cm³/mol. The summed E-state index contributed by atoms with van der Waals surface area (Å²) in [5, 5.41) is 14.1. The van der Waals surface area contributed by atoms with Crippen molar-refractivity contribution in [3.63, 3.8) is 0 Å². The molecule has 4 rings (SSSR count). The fourth-order valence-electron chi connectivity index (χ4n) is 4.28. The predicted octanol–water partition coefficient (Wildman–Crippen LogP) is 4.21. The van der Waals surface area contributed by atoms with Gasteiger partial charge in [0, 0.05) is 19.4 Å². The topological polar surface area (TPSA) is 62.1 Å². The lowest BCUT2D eigenvalue weighted by Gasteiger charge is -2.39. The minimum absolute atomic E-state index is 0.263. The SMILES string of the molecule is O=C(O)C1(C[C@@H]2CC(c3ccc(F)cc3)=NO2)CCN(Cc2ccc(F)cc2)CC1. The summed E-state index contributed by atoms with van der Waals surface area (Å²) in [5.41, 5.74) is 1.67. The maximum Gasteiger partial charge on any atom is 0.309 e. The van der Waals surface area contributed by atoms with Gasteiger partial charge in [-0.15, -0.1) is 0 Å². The van der Waals surface area contributed by atoms with Crippen molar-refractivity contribution in [2.24, 2.45) is 10.6 Å².